The van der Waals surface area contributed by atoms with E-state index in [1.54, 1.807) is 11.3 Å². The maximum Gasteiger partial charge on any atom is 0.190 e. The van der Waals surface area contributed by atoms with Crippen molar-refractivity contribution in [2.24, 2.45) is 0 Å². The zero-order chi connectivity index (χ0) is 18.0. The van der Waals surface area contributed by atoms with E-state index in [-0.39, 0.29) is 5.41 Å². The van der Waals surface area contributed by atoms with Crippen molar-refractivity contribution in [3.8, 4) is 6.07 Å². The number of aromatic nitrogens is 3. The van der Waals surface area contributed by atoms with Gasteiger partial charge in [0, 0.05) is 23.7 Å². The lowest BCUT2D eigenvalue weighted by Crippen LogP contribution is -2.10. The van der Waals surface area contributed by atoms with Crippen LogP contribution in [0.3, 0.4) is 0 Å². The van der Waals surface area contributed by atoms with Crippen molar-refractivity contribution in [3.05, 3.63) is 40.7 Å². The van der Waals surface area contributed by atoms with Gasteiger partial charge in [0.2, 0.25) is 0 Å². The van der Waals surface area contributed by atoms with Crippen molar-refractivity contribution in [1.29, 1.82) is 5.26 Å². The summed E-state index contributed by atoms with van der Waals surface area (Å²) in [5.41, 5.74) is 8.52. The van der Waals surface area contributed by atoms with Crippen LogP contribution in [0.4, 0.5) is 5.82 Å². The Kier molecular flexibility index (Phi) is 4.93. The number of fused-ring (bicyclic) bond motifs is 1. The number of thiophene rings is 1. The average molecular weight is 370 g/mol. The summed E-state index contributed by atoms with van der Waals surface area (Å²) in [6.07, 6.45) is 2.76. The Labute approximate surface area is 155 Å². The summed E-state index contributed by atoms with van der Waals surface area (Å²) in [4.78, 5) is 12.9. The number of hydrogen-bond donors (Lipinski definition) is 1. The molecule has 0 spiro atoms. The minimum atomic E-state index is 0.120. The molecule has 5 nitrogen and oxygen atoms in total. The van der Waals surface area contributed by atoms with Gasteiger partial charge in [-0.2, -0.15) is 5.26 Å². The zero-order valence-electron chi connectivity index (χ0n) is 14.4. The van der Waals surface area contributed by atoms with Gasteiger partial charge in [-0.25, -0.2) is 9.97 Å². The zero-order valence-corrected chi connectivity index (χ0v) is 16.0. The van der Waals surface area contributed by atoms with Gasteiger partial charge in [-0.05, 0) is 34.2 Å². The molecule has 0 aliphatic carbocycles. The molecule has 25 heavy (non-hydrogen) atoms. The second kappa shape index (κ2) is 6.98. The normalized spacial score (nSPS) is 11.6. The topological polar surface area (TPSA) is 88.5 Å². The van der Waals surface area contributed by atoms with Crippen LogP contribution in [0, 0.1) is 11.3 Å². The number of rotatable bonds is 4. The highest BCUT2D eigenvalue weighted by Crippen LogP contribution is 2.34. The van der Waals surface area contributed by atoms with Gasteiger partial charge in [0.05, 0.1) is 4.70 Å². The van der Waals surface area contributed by atoms with Crippen LogP contribution in [-0.4, -0.2) is 20.7 Å². The summed E-state index contributed by atoms with van der Waals surface area (Å²) in [5, 5.41) is 13.0. The van der Waals surface area contributed by atoms with Crippen LogP contribution >= 0.6 is 23.1 Å². The highest BCUT2D eigenvalue weighted by atomic mass is 32.2. The summed E-state index contributed by atoms with van der Waals surface area (Å²) in [6.45, 7) is 6.69. The minimum Gasteiger partial charge on any atom is -0.384 e. The number of nitriles is 1. The molecule has 0 atom stereocenters. The third-order valence-electron chi connectivity index (χ3n) is 3.76. The average Bonchev–Trinajstić information content (AvgIpc) is 2.97. The SMILES string of the molecule is CC(C)(C)c1csc2cnc(CCSc3nc(N)cc(C#N)n3)cc12. The van der Waals surface area contributed by atoms with Crippen LogP contribution in [0.2, 0.25) is 0 Å². The quantitative estimate of drug-likeness (QED) is 0.548. The molecule has 0 saturated heterocycles. The van der Waals surface area contributed by atoms with E-state index in [9.17, 15) is 0 Å². The molecule has 7 heteroatoms. The van der Waals surface area contributed by atoms with Crippen LogP contribution < -0.4 is 5.73 Å². The van der Waals surface area contributed by atoms with E-state index in [4.69, 9.17) is 11.0 Å². The van der Waals surface area contributed by atoms with Crippen molar-refractivity contribution in [2.75, 3.05) is 11.5 Å². The van der Waals surface area contributed by atoms with E-state index < -0.39 is 0 Å². The minimum absolute atomic E-state index is 0.120. The van der Waals surface area contributed by atoms with Crippen molar-refractivity contribution in [2.45, 2.75) is 37.8 Å². The third kappa shape index (κ3) is 4.09. The molecule has 0 unspecified atom stereocenters. The number of pyridine rings is 1. The fourth-order valence-electron chi connectivity index (χ4n) is 2.51. The van der Waals surface area contributed by atoms with Gasteiger partial charge in [0.25, 0.3) is 0 Å². The van der Waals surface area contributed by atoms with Crippen LogP contribution in [-0.2, 0) is 11.8 Å². The molecule has 0 amide bonds. The smallest absolute Gasteiger partial charge is 0.190 e. The first-order valence-electron chi connectivity index (χ1n) is 7.91. The highest BCUT2D eigenvalue weighted by Gasteiger charge is 2.18. The fourth-order valence-corrected chi connectivity index (χ4v) is 4.47. The number of nitrogen functional groups attached to an aromatic ring is 1. The Morgan fingerprint density at radius 3 is 2.80 bits per heavy atom. The summed E-state index contributed by atoms with van der Waals surface area (Å²) in [7, 11) is 0. The van der Waals surface area contributed by atoms with E-state index in [0.29, 0.717) is 16.7 Å². The number of nitrogens with zero attached hydrogens (tertiary/aromatic N) is 4. The van der Waals surface area contributed by atoms with Gasteiger partial charge < -0.3 is 5.73 Å². The summed E-state index contributed by atoms with van der Waals surface area (Å²) >= 11 is 3.23. The number of hydrogen-bond acceptors (Lipinski definition) is 7. The highest BCUT2D eigenvalue weighted by molar-refractivity contribution is 7.99. The summed E-state index contributed by atoms with van der Waals surface area (Å²) < 4.78 is 1.22. The van der Waals surface area contributed by atoms with Gasteiger partial charge >= 0.3 is 0 Å². The molecule has 3 aromatic heterocycles. The van der Waals surface area contributed by atoms with Crippen molar-refractivity contribution >= 4 is 39.0 Å². The molecule has 0 aromatic carbocycles. The predicted octanol–water partition coefficient (Wildman–Crippen LogP) is 4.17. The summed E-state index contributed by atoms with van der Waals surface area (Å²) in [6, 6.07) is 5.66. The molecule has 3 rings (SSSR count). The molecule has 0 fully saturated rings. The lowest BCUT2D eigenvalue weighted by Gasteiger charge is -2.17. The lowest BCUT2D eigenvalue weighted by molar-refractivity contribution is 0.598. The first kappa shape index (κ1) is 17.6. The molecule has 2 N–H and O–H groups in total. The van der Waals surface area contributed by atoms with Crippen molar-refractivity contribution < 1.29 is 0 Å². The third-order valence-corrected chi connectivity index (χ3v) is 5.54. The van der Waals surface area contributed by atoms with Crippen LogP contribution in [0.15, 0.2) is 28.9 Å². The van der Waals surface area contributed by atoms with Crippen molar-refractivity contribution in [3.63, 3.8) is 0 Å². The van der Waals surface area contributed by atoms with Crippen LogP contribution in [0.1, 0.15) is 37.7 Å². The molecular weight excluding hydrogens is 350 g/mol. The first-order valence-corrected chi connectivity index (χ1v) is 9.77. The van der Waals surface area contributed by atoms with Gasteiger partial charge in [-0.1, -0.05) is 32.5 Å². The van der Waals surface area contributed by atoms with Gasteiger partial charge in [-0.15, -0.1) is 11.3 Å². The number of anilines is 1. The molecule has 0 bridgehead atoms. The molecule has 0 saturated carbocycles. The van der Waals surface area contributed by atoms with E-state index in [1.807, 2.05) is 12.3 Å². The maximum absolute atomic E-state index is 8.95. The Hall–Kier alpha value is -2.17. The monoisotopic (exact) mass is 369 g/mol. The largest absolute Gasteiger partial charge is 0.384 e. The first-order chi connectivity index (χ1) is 11.9. The fraction of sp³-hybridized carbons (Fsp3) is 0.333. The van der Waals surface area contributed by atoms with E-state index >= 15 is 0 Å². The molecule has 3 aromatic rings. The molecule has 3 heterocycles. The lowest BCUT2D eigenvalue weighted by atomic mass is 9.87. The molecule has 0 radical (unpaired) electrons. The molecular formula is C18H19N5S2. The predicted molar refractivity (Wildman–Crippen MR) is 104 cm³/mol. The summed E-state index contributed by atoms with van der Waals surface area (Å²) in [5.74, 6) is 1.10. The Morgan fingerprint density at radius 2 is 2.08 bits per heavy atom. The van der Waals surface area contributed by atoms with Gasteiger partial charge in [-0.3, -0.25) is 4.98 Å². The molecule has 0 aliphatic rings. The van der Waals surface area contributed by atoms with Gasteiger partial charge in [0.1, 0.15) is 17.6 Å². The maximum atomic E-state index is 8.95. The Balaban J connectivity index is 1.73. The second-order valence-electron chi connectivity index (χ2n) is 6.74. The van der Waals surface area contributed by atoms with E-state index in [0.717, 1.165) is 17.9 Å². The Bertz CT molecular complexity index is 950. The second-order valence-corrected chi connectivity index (χ2v) is 8.72. The van der Waals surface area contributed by atoms with Gasteiger partial charge in [0.15, 0.2) is 5.16 Å². The molecule has 128 valence electrons. The number of aryl methyl sites for hydroxylation is 1. The Morgan fingerprint density at radius 1 is 1.28 bits per heavy atom. The number of nitrogens with two attached hydrogens (primary N) is 1. The van der Waals surface area contributed by atoms with E-state index in [2.05, 4.69) is 47.2 Å². The van der Waals surface area contributed by atoms with E-state index in [1.165, 1.54) is 33.5 Å². The molecule has 0 aliphatic heterocycles. The van der Waals surface area contributed by atoms with Crippen LogP contribution in [0.5, 0.6) is 0 Å². The standard InChI is InChI=1S/C18H19N5S2/c1-18(2,3)14-10-25-15-9-21-11(6-13(14)15)4-5-24-17-22-12(8-19)7-16(20)23-17/h6-7,9-10H,4-5H2,1-3H3,(H2,20,22,23). The van der Waals surface area contributed by atoms with Crippen molar-refractivity contribution in [1.82, 2.24) is 15.0 Å². The van der Waals surface area contributed by atoms with Crippen LogP contribution in [0.25, 0.3) is 10.1 Å². The number of thioether (sulfide) groups is 1.